The number of aromatic nitrogens is 3. The number of hydrogen-bond acceptors (Lipinski definition) is 6. The van der Waals surface area contributed by atoms with Crippen molar-refractivity contribution in [3.05, 3.63) is 87.0 Å². The number of nitrogens with zero attached hydrogens (tertiary/aromatic N) is 5. The molecule has 248 valence electrons. The first-order valence-corrected chi connectivity index (χ1v) is 16.3. The first kappa shape index (κ1) is 32.6. The predicted molar refractivity (Wildman–Crippen MR) is 176 cm³/mol. The number of nitrogens with one attached hydrogen (secondary N) is 1. The summed E-state index contributed by atoms with van der Waals surface area (Å²) in [6.07, 6.45) is -0.362. The number of nitrogen functional groups attached to an aromatic ring is 1. The van der Waals surface area contributed by atoms with Crippen molar-refractivity contribution in [2.24, 2.45) is 5.92 Å². The number of carbonyl (C=O) groups excluding carboxylic acids is 2. The van der Waals surface area contributed by atoms with Gasteiger partial charge in [0.15, 0.2) is 0 Å². The molecule has 4 aromatic rings. The van der Waals surface area contributed by atoms with E-state index in [9.17, 15) is 27.6 Å². The molecule has 47 heavy (non-hydrogen) atoms. The van der Waals surface area contributed by atoms with Gasteiger partial charge in [-0.1, -0.05) is 12.1 Å². The Bertz CT molecular complexity index is 1810. The zero-order valence-corrected chi connectivity index (χ0v) is 27.1. The van der Waals surface area contributed by atoms with Crippen LogP contribution in [0.4, 0.5) is 24.5 Å². The number of para-hydroxylation sites is 2. The second-order valence-corrected chi connectivity index (χ2v) is 12.9. The van der Waals surface area contributed by atoms with E-state index in [1.165, 1.54) is 6.07 Å². The topological polar surface area (TPSA) is 121 Å². The third-order valence-electron chi connectivity index (χ3n) is 9.17. The number of likely N-dealkylation sites (tertiary alicyclic amines) is 1. The average molecular weight is 715 g/mol. The van der Waals surface area contributed by atoms with Gasteiger partial charge in [-0.15, -0.1) is 0 Å². The lowest BCUT2D eigenvalue weighted by Crippen LogP contribution is -2.51. The minimum absolute atomic E-state index is 0.0572. The Balaban J connectivity index is 1.18. The Morgan fingerprint density at radius 1 is 0.979 bits per heavy atom. The summed E-state index contributed by atoms with van der Waals surface area (Å²) >= 11 is 3.15. The number of nitrogens with two attached hydrogens (primary N) is 1. The Morgan fingerprint density at radius 3 is 2.34 bits per heavy atom. The normalized spacial score (nSPS) is 16.9. The van der Waals surface area contributed by atoms with E-state index in [-0.39, 0.29) is 46.4 Å². The van der Waals surface area contributed by atoms with Crippen LogP contribution in [0.15, 0.2) is 70.2 Å². The van der Waals surface area contributed by atoms with Gasteiger partial charge in [0.1, 0.15) is 0 Å². The molecule has 0 bridgehead atoms. The third kappa shape index (κ3) is 7.02. The fourth-order valence-corrected chi connectivity index (χ4v) is 7.21. The van der Waals surface area contributed by atoms with Gasteiger partial charge in [0, 0.05) is 74.3 Å². The van der Waals surface area contributed by atoms with Gasteiger partial charge < -0.3 is 25.4 Å². The number of H-pyrrole nitrogens is 1. The zero-order valence-electron chi connectivity index (χ0n) is 25.5. The molecule has 2 fully saturated rings. The summed E-state index contributed by atoms with van der Waals surface area (Å²) < 4.78 is 43.2. The van der Waals surface area contributed by atoms with E-state index < -0.39 is 23.3 Å². The maximum absolute atomic E-state index is 14.0. The van der Waals surface area contributed by atoms with Gasteiger partial charge in [0.05, 0.1) is 28.2 Å². The van der Waals surface area contributed by atoms with Crippen LogP contribution in [0.3, 0.4) is 0 Å². The summed E-state index contributed by atoms with van der Waals surface area (Å²) in [4.78, 5) is 52.9. The molecule has 2 aliphatic heterocycles. The highest BCUT2D eigenvalue weighted by Gasteiger charge is 2.36. The molecule has 2 aliphatic rings. The quantitative estimate of drug-likeness (QED) is 0.265. The average Bonchev–Trinajstić information content (AvgIpc) is 3.41. The van der Waals surface area contributed by atoms with E-state index in [0.717, 1.165) is 22.8 Å². The van der Waals surface area contributed by atoms with Gasteiger partial charge >= 0.3 is 11.9 Å². The minimum Gasteiger partial charge on any atom is -0.397 e. The van der Waals surface area contributed by atoms with Gasteiger partial charge in [-0.05, 0) is 77.2 Å². The lowest BCUT2D eigenvalue weighted by molar-refractivity contribution is -0.142. The van der Waals surface area contributed by atoms with Crippen molar-refractivity contribution in [2.75, 3.05) is 49.9 Å². The molecule has 0 aliphatic carbocycles. The van der Waals surface area contributed by atoms with Crippen LogP contribution in [0.1, 0.15) is 36.4 Å². The predicted octanol–water partition coefficient (Wildman–Crippen LogP) is 4.85. The van der Waals surface area contributed by atoms with E-state index in [2.05, 4.69) is 30.8 Å². The van der Waals surface area contributed by atoms with Gasteiger partial charge in [-0.3, -0.25) is 19.1 Å². The Morgan fingerprint density at radius 2 is 1.66 bits per heavy atom. The van der Waals surface area contributed by atoms with Crippen molar-refractivity contribution < 1.29 is 22.8 Å². The number of pyridine rings is 1. The number of piperidine rings is 1. The van der Waals surface area contributed by atoms with Crippen LogP contribution in [-0.4, -0.2) is 75.4 Å². The van der Waals surface area contributed by atoms with Crippen LogP contribution in [0, 0.1) is 5.92 Å². The van der Waals surface area contributed by atoms with Crippen LogP contribution in [0.2, 0.25) is 0 Å². The highest BCUT2D eigenvalue weighted by molar-refractivity contribution is 9.10. The zero-order chi connectivity index (χ0) is 33.3. The summed E-state index contributed by atoms with van der Waals surface area (Å²) in [5, 5.41) is 0. The first-order chi connectivity index (χ1) is 22.5. The fraction of sp³-hybridized carbons (Fsp3) is 0.394. The number of piperazine rings is 1. The molecule has 2 saturated heterocycles. The van der Waals surface area contributed by atoms with Gasteiger partial charge in [-0.25, -0.2) is 4.79 Å². The number of aromatic amines is 1. The van der Waals surface area contributed by atoms with Crippen molar-refractivity contribution >= 4 is 50.2 Å². The second-order valence-electron chi connectivity index (χ2n) is 12.1. The number of carbonyl (C=O) groups is 2. The molecule has 0 saturated carbocycles. The number of halogens is 4. The summed E-state index contributed by atoms with van der Waals surface area (Å²) in [7, 11) is 0. The van der Waals surface area contributed by atoms with Gasteiger partial charge in [0.2, 0.25) is 11.8 Å². The van der Waals surface area contributed by atoms with E-state index in [1.807, 2.05) is 36.4 Å². The number of fused-ring (bicyclic) bond motifs is 1. The maximum Gasteiger partial charge on any atom is 0.418 e. The molecule has 0 unspecified atom stereocenters. The standard InChI is InChI=1S/C33H35BrF3N7O3/c34-26-19-21(18-25(30(26)38)33(35,36)37)17-22(31(46)43-15-13-41(14-16-43)23-5-9-39-10-6-23)20-29(45)42-11-7-24(8-12-42)44-28-4-2-1-3-27(28)40-32(44)47/h1-6,9-10,18-19,22,24H,7-8,11-17,20,38H2,(H,40,47)/t22-/m0/s1. The van der Waals surface area contributed by atoms with E-state index in [1.54, 1.807) is 26.8 Å². The van der Waals surface area contributed by atoms with Crippen LogP contribution in [0.25, 0.3) is 11.0 Å². The number of benzene rings is 2. The minimum atomic E-state index is -4.68. The number of hydrogen-bond donors (Lipinski definition) is 2. The molecule has 4 heterocycles. The monoisotopic (exact) mass is 713 g/mol. The molecular formula is C33H35BrF3N7O3. The van der Waals surface area contributed by atoms with Crippen molar-refractivity contribution in [1.82, 2.24) is 24.3 Å². The van der Waals surface area contributed by atoms with E-state index >= 15 is 0 Å². The molecule has 6 rings (SSSR count). The number of rotatable bonds is 7. The molecule has 2 amide bonds. The lowest BCUT2D eigenvalue weighted by Gasteiger charge is -2.38. The Kier molecular flexibility index (Phi) is 9.31. The van der Waals surface area contributed by atoms with Crippen LogP contribution >= 0.6 is 15.9 Å². The van der Waals surface area contributed by atoms with E-state index in [4.69, 9.17) is 5.73 Å². The Labute approximate surface area is 277 Å². The SMILES string of the molecule is Nc1c(Br)cc(C[C@@H](CC(=O)N2CCC(n3c(=O)[nH]c4ccccc43)CC2)C(=O)N2CCN(c3ccncc3)CC2)cc1C(F)(F)F. The molecule has 10 nitrogen and oxygen atoms in total. The highest BCUT2D eigenvalue weighted by atomic mass is 79.9. The van der Waals surface area contributed by atoms with Crippen molar-refractivity contribution in [1.29, 1.82) is 0 Å². The third-order valence-corrected chi connectivity index (χ3v) is 9.83. The summed E-state index contributed by atoms with van der Waals surface area (Å²) in [5.74, 6) is -1.39. The largest absolute Gasteiger partial charge is 0.418 e. The molecular weight excluding hydrogens is 679 g/mol. The number of anilines is 2. The summed E-state index contributed by atoms with van der Waals surface area (Å²) in [6, 6.07) is 13.6. The smallest absolute Gasteiger partial charge is 0.397 e. The van der Waals surface area contributed by atoms with E-state index in [0.29, 0.717) is 52.1 Å². The fourth-order valence-electron chi connectivity index (χ4n) is 6.71. The van der Waals surface area contributed by atoms with Crippen molar-refractivity contribution in [2.45, 2.75) is 37.9 Å². The number of alkyl halides is 3. The van der Waals surface area contributed by atoms with Crippen LogP contribution in [-0.2, 0) is 22.2 Å². The molecule has 0 radical (unpaired) electrons. The molecule has 14 heteroatoms. The second kappa shape index (κ2) is 13.4. The molecule has 2 aromatic carbocycles. The molecule has 1 atom stereocenters. The van der Waals surface area contributed by atoms with Crippen molar-refractivity contribution in [3.63, 3.8) is 0 Å². The van der Waals surface area contributed by atoms with Gasteiger partial charge in [0.25, 0.3) is 0 Å². The first-order valence-electron chi connectivity index (χ1n) is 15.6. The molecule has 2 aromatic heterocycles. The summed E-state index contributed by atoms with van der Waals surface area (Å²) in [5.41, 5.74) is 6.94. The van der Waals surface area contributed by atoms with Gasteiger partial charge in [-0.2, -0.15) is 13.2 Å². The number of imidazole rings is 1. The lowest BCUT2D eigenvalue weighted by atomic mass is 9.92. The molecule has 0 spiro atoms. The van der Waals surface area contributed by atoms with Crippen LogP contribution < -0.4 is 16.3 Å². The van der Waals surface area contributed by atoms with Crippen molar-refractivity contribution in [3.8, 4) is 0 Å². The summed E-state index contributed by atoms with van der Waals surface area (Å²) in [6.45, 7) is 2.76. The highest BCUT2D eigenvalue weighted by Crippen LogP contribution is 2.39. The van der Waals surface area contributed by atoms with Crippen LogP contribution in [0.5, 0.6) is 0 Å². The maximum atomic E-state index is 14.0. The number of amides is 2. The molecule has 3 N–H and O–H groups in total. The Hall–Kier alpha value is -4.33.